The second-order valence-electron chi connectivity index (χ2n) is 6.99. The van der Waals surface area contributed by atoms with Gasteiger partial charge in [0.05, 0.1) is 5.69 Å². The number of nitrogens with one attached hydrogen (secondary N) is 1. The molecule has 31 heavy (non-hydrogen) atoms. The molecule has 156 valence electrons. The predicted molar refractivity (Wildman–Crippen MR) is 122 cm³/mol. The number of halogens is 1. The van der Waals surface area contributed by atoms with Gasteiger partial charge in [-0.2, -0.15) is 0 Å². The Kier molecular flexibility index (Phi) is 5.34. The molecule has 3 aromatic rings. The highest BCUT2D eigenvalue weighted by Crippen LogP contribution is 2.26. The number of amides is 2. The molecule has 0 unspecified atom stereocenters. The molecule has 0 aliphatic carbocycles. The quantitative estimate of drug-likeness (QED) is 0.356. The van der Waals surface area contributed by atoms with Crippen LogP contribution in [0.3, 0.4) is 0 Å². The lowest BCUT2D eigenvalue weighted by atomic mass is 10.1. The zero-order chi connectivity index (χ0) is 22.3. The van der Waals surface area contributed by atoms with Crippen LogP contribution in [0.15, 0.2) is 60.3 Å². The lowest BCUT2D eigenvalue weighted by Gasteiger charge is -2.29. The van der Waals surface area contributed by atoms with Crippen LogP contribution in [-0.2, 0) is 14.4 Å². The molecule has 1 aliphatic heterocycles. The van der Waals surface area contributed by atoms with Crippen molar-refractivity contribution in [2.75, 3.05) is 4.90 Å². The van der Waals surface area contributed by atoms with Crippen LogP contribution in [0.4, 0.5) is 5.69 Å². The molecule has 2 aromatic carbocycles. The first kappa shape index (κ1) is 20.8. The Hall–Kier alpha value is -3.49. The van der Waals surface area contributed by atoms with Gasteiger partial charge in [0.15, 0.2) is 5.11 Å². The van der Waals surface area contributed by atoms with E-state index in [9.17, 15) is 19.5 Å². The number of aromatic nitrogens is 1. The number of nitrogens with zero attached hydrogens (tertiary/aromatic N) is 2. The van der Waals surface area contributed by atoms with Crippen LogP contribution in [-0.4, -0.2) is 32.6 Å². The zero-order valence-corrected chi connectivity index (χ0v) is 17.8. The number of aliphatic carboxylic acids is 1. The second-order valence-corrected chi connectivity index (χ2v) is 7.82. The summed E-state index contributed by atoms with van der Waals surface area (Å²) in [7, 11) is 0. The minimum atomic E-state index is -0.940. The van der Waals surface area contributed by atoms with Gasteiger partial charge in [0.1, 0.15) is 11.6 Å². The maximum atomic E-state index is 13.1. The van der Waals surface area contributed by atoms with Crippen molar-refractivity contribution in [3.63, 3.8) is 0 Å². The molecule has 1 aromatic heterocycles. The first-order valence-corrected chi connectivity index (χ1v) is 10.1. The predicted octanol–water partition coefficient (Wildman–Crippen LogP) is 3.77. The maximum Gasteiger partial charge on any atom is 0.326 e. The standard InChI is InChI=1S/C22H16ClN3O4S/c1-12(21(29)30)25-8-7-14-9-13(5-6-18(14)25)10-17-19(27)24-22(31)26(20(17)28)16-4-2-3-15(23)11-16/h2-12H,1H3,(H,29,30)(H,24,27,31)/b17-10+/t12-/m1/s1. The van der Waals surface area contributed by atoms with Gasteiger partial charge in [-0.3, -0.25) is 19.8 Å². The van der Waals surface area contributed by atoms with E-state index in [2.05, 4.69) is 5.32 Å². The van der Waals surface area contributed by atoms with E-state index in [-0.39, 0.29) is 10.7 Å². The molecule has 1 aliphatic rings. The number of rotatable bonds is 4. The summed E-state index contributed by atoms with van der Waals surface area (Å²) < 4.78 is 1.65. The van der Waals surface area contributed by atoms with Crippen LogP contribution in [0.5, 0.6) is 0 Å². The third kappa shape index (κ3) is 3.83. The number of carboxylic acids is 1. The Morgan fingerprint density at radius 1 is 1.19 bits per heavy atom. The molecule has 2 amide bonds. The van der Waals surface area contributed by atoms with Gasteiger partial charge in [0.2, 0.25) is 0 Å². The van der Waals surface area contributed by atoms with Gasteiger partial charge in [-0.1, -0.05) is 23.7 Å². The van der Waals surface area contributed by atoms with Gasteiger partial charge in [0.25, 0.3) is 11.8 Å². The average molecular weight is 454 g/mol. The van der Waals surface area contributed by atoms with E-state index in [0.717, 1.165) is 10.9 Å². The number of hydrogen-bond acceptors (Lipinski definition) is 4. The fraction of sp³-hybridized carbons (Fsp3) is 0.0909. The Morgan fingerprint density at radius 3 is 2.68 bits per heavy atom. The third-order valence-electron chi connectivity index (χ3n) is 5.00. The fourth-order valence-electron chi connectivity index (χ4n) is 3.40. The van der Waals surface area contributed by atoms with Crippen molar-refractivity contribution in [2.45, 2.75) is 13.0 Å². The van der Waals surface area contributed by atoms with Gasteiger partial charge in [-0.25, -0.2) is 4.79 Å². The maximum absolute atomic E-state index is 13.1. The van der Waals surface area contributed by atoms with E-state index in [1.54, 1.807) is 66.2 Å². The summed E-state index contributed by atoms with van der Waals surface area (Å²) >= 11 is 11.2. The van der Waals surface area contributed by atoms with Gasteiger partial charge in [0, 0.05) is 22.1 Å². The number of hydrogen-bond donors (Lipinski definition) is 2. The van der Waals surface area contributed by atoms with Crippen molar-refractivity contribution in [1.82, 2.24) is 9.88 Å². The molecule has 4 rings (SSSR count). The molecule has 2 heterocycles. The summed E-state index contributed by atoms with van der Waals surface area (Å²) in [5.41, 5.74) is 1.72. The summed E-state index contributed by atoms with van der Waals surface area (Å²) in [6.07, 6.45) is 3.17. The Morgan fingerprint density at radius 2 is 1.97 bits per heavy atom. The number of benzene rings is 2. The van der Waals surface area contributed by atoms with Crippen LogP contribution in [0.25, 0.3) is 17.0 Å². The molecule has 0 saturated carbocycles. The number of thiocarbonyl (C=S) groups is 1. The first-order valence-electron chi connectivity index (χ1n) is 9.26. The van der Waals surface area contributed by atoms with Crippen molar-refractivity contribution in [3.8, 4) is 0 Å². The fourth-order valence-corrected chi connectivity index (χ4v) is 3.87. The summed E-state index contributed by atoms with van der Waals surface area (Å²) in [5, 5.41) is 13.0. The topological polar surface area (TPSA) is 91.6 Å². The molecule has 0 spiro atoms. The van der Waals surface area contributed by atoms with Gasteiger partial charge < -0.3 is 9.67 Å². The van der Waals surface area contributed by atoms with Crippen molar-refractivity contribution in [2.24, 2.45) is 0 Å². The van der Waals surface area contributed by atoms with Crippen LogP contribution < -0.4 is 10.2 Å². The van der Waals surface area contributed by atoms with E-state index < -0.39 is 23.8 Å². The van der Waals surface area contributed by atoms with Crippen LogP contribution in [0.1, 0.15) is 18.5 Å². The van der Waals surface area contributed by atoms with Gasteiger partial charge >= 0.3 is 5.97 Å². The number of carbonyl (C=O) groups is 3. The molecule has 1 atom stereocenters. The average Bonchev–Trinajstić information content (AvgIpc) is 3.13. The number of carbonyl (C=O) groups excluding carboxylic acids is 2. The number of fused-ring (bicyclic) bond motifs is 1. The minimum Gasteiger partial charge on any atom is -0.480 e. The van der Waals surface area contributed by atoms with Crippen molar-refractivity contribution in [1.29, 1.82) is 0 Å². The van der Waals surface area contributed by atoms with E-state index in [0.29, 0.717) is 16.3 Å². The highest BCUT2D eigenvalue weighted by Gasteiger charge is 2.34. The molecule has 1 fully saturated rings. The van der Waals surface area contributed by atoms with E-state index in [1.807, 2.05) is 0 Å². The second kappa shape index (κ2) is 7.98. The largest absolute Gasteiger partial charge is 0.480 e. The van der Waals surface area contributed by atoms with Crippen LogP contribution >= 0.6 is 23.8 Å². The van der Waals surface area contributed by atoms with Crippen molar-refractivity contribution < 1.29 is 19.5 Å². The minimum absolute atomic E-state index is 0.0235. The third-order valence-corrected chi connectivity index (χ3v) is 5.52. The van der Waals surface area contributed by atoms with Crippen molar-refractivity contribution >= 4 is 69.4 Å². The number of carboxylic acid groups (broad SMARTS) is 1. The summed E-state index contributed by atoms with van der Waals surface area (Å²) in [4.78, 5) is 38.1. The monoisotopic (exact) mass is 453 g/mol. The SMILES string of the molecule is C[C@H](C(=O)O)n1ccc2cc(/C=C3\C(=O)NC(=S)N(c4cccc(Cl)c4)C3=O)ccc21. The lowest BCUT2D eigenvalue weighted by molar-refractivity contribution is -0.140. The molecule has 0 bridgehead atoms. The molecular formula is C22H16ClN3O4S. The molecule has 7 nitrogen and oxygen atoms in total. The van der Waals surface area contributed by atoms with E-state index in [1.165, 1.54) is 11.0 Å². The molecule has 9 heteroatoms. The van der Waals surface area contributed by atoms with Crippen LogP contribution in [0, 0.1) is 0 Å². The number of anilines is 1. The van der Waals surface area contributed by atoms with E-state index in [4.69, 9.17) is 23.8 Å². The summed E-state index contributed by atoms with van der Waals surface area (Å²) in [6.45, 7) is 1.59. The lowest BCUT2D eigenvalue weighted by Crippen LogP contribution is -2.54. The molecule has 1 saturated heterocycles. The summed E-state index contributed by atoms with van der Waals surface area (Å²) in [6, 6.07) is 12.9. The smallest absolute Gasteiger partial charge is 0.326 e. The normalized spacial score (nSPS) is 16.6. The first-order chi connectivity index (χ1) is 14.8. The molecule has 2 N–H and O–H groups in total. The Balaban J connectivity index is 1.72. The molecule has 0 radical (unpaired) electrons. The van der Waals surface area contributed by atoms with Gasteiger partial charge in [-0.15, -0.1) is 0 Å². The highest BCUT2D eigenvalue weighted by molar-refractivity contribution is 7.80. The van der Waals surface area contributed by atoms with Gasteiger partial charge in [-0.05, 0) is 67.2 Å². The highest BCUT2D eigenvalue weighted by atomic mass is 35.5. The van der Waals surface area contributed by atoms with Crippen LogP contribution in [0.2, 0.25) is 5.02 Å². The van der Waals surface area contributed by atoms with E-state index >= 15 is 0 Å². The summed E-state index contributed by atoms with van der Waals surface area (Å²) in [5.74, 6) is -2.09. The zero-order valence-electron chi connectivity index (χ0n) is 16.2. The molecular weight excluding hydrogens is 438 g/mol. The van der Waals surface area contributed by atoms with Crippen molar-refractivity contribution in [3.05, 3.63) is 70.9 Å². The Bertz CT molecular complexity index is 1300. The Labute approximate surface area is 187 Å².